The molecule has 0 fully saturated rings. The molecule has 8 nitrogen and oxygen atoms in total. The third-order valence-corrected chi connectivity index (χ3v) is 5.72. The first-order valence-electron chi connectivity index (χ1n) is 9.51. The van der Waals surface area contributed by atoms with Crippen LogP contribution in [0.25, 0.3) is 33.9 Å². The minimum Gasteiger partial charge on any atom is -0.495 e. The van der Waals surface area contributed by atoms with E-state index in [0.29, 0.717) is 27.7 Å². The van der Waals surface area contributed by atoms with Gasteiger partial charge in [-0.2, -0.15) is 4.98 Å². The third kappa shape index (κ3) is 2.72. The highest BCUT2D eigenvalue weighted by Crippen LogP contribution is 2.32. The summed E-state index contributed by atoms with van der Waals surface area (Å²) in [6.07, 6.45) is 1.85. The molecule has 0 aliphatic carbocycles. The van der Waals surface area contributed by atoms with Crippen LogP contribution >= 0.6 is 11.6 Å². The molecule has 5 rings (SSSR count). The molecule has 31 heavy (non-hydrogen) atoms. The molecule has 9 heteroatoms. The Bertz CT molecular complexity index is 1590. The molecule has 156 valence electrons. The van der Waals surface area contributed by atoms with Crippen LogP contribution < -0.4 is 16.0 Å². The molecular formula is C22H18ClN5O3. The number of halogens is 1. The highest BCUT2D eigenvalue weighted by Gasteiger charge is 2.22. The minimum absolute atomic E-state index is 0.316. The molecule has 0 saturated heterocycles. The van der Waals surface area contributed by atoms with Crippen LogP contribution in [0.5, 0.6) is 5.75 Å². The van der Waals surface area contributed by atoms with E-state index in [2.05, 4.69) is 4.98 Å². The Kier molecular flexibility index (Phi) is 4.26. The van der Waals surface area contributed by atoms with Crippen LogP contribution in [0, 0.1) is 0 Å². The lowest BCUT2D eigenvalue weighted by Gasteiger charge is -2.11. The number of methoxy groups -OCH3 is 1. The van der Waals surface area contributed by atoms with Crippen molar-refractivity contribution in [3.8, 4) is 22.7 Å². The fourth-order valence-corrected chi connectivity index (χ4v) is 4.08. The first-order chi connectivity index (χ1) is 14.9. The van der Waals surface area contributed by atoms with Crippen LogP contribution in [0.15, 0.2) is 64.3 Å². The van der Waals surface area contributed by atoms with E-state index in [1.54, 1.807) is 30.7 Å². The quantitative estimate of drug-likeness (QED) is 0.436. The Morgan fingerprint density at radius 1 is 1.00 bits per heavy atom. The molecule has 0 N–H and O–H groups in total. The van der Waals surface area contributed by atoms with Crippen molar-refractivity contribution in [2.24, 2.45) is 14.1 Å². The first kappa shape index (κ1) is 19.2. The number of hydrogen-bond donors (Lipinski definition) is 0. The van der Waals surface area contributed by atoms with Crippen LogP contribution in [0.3, 0.4) is 0 Å². The van der Waals surface area contributed by atoms with Gasteiger partial charge in [0.05, 0.1) is 23.5 Å². The number of aromatic nitrogens is 5. The second kappa shape index (κ2) is 6.88. The van der Waals surface area contributed by atoms with E-state index in [-0.39, 0.29) is 0 Å². The summed E-state index contributed by atoms with van der Waals surface area (Å²) in [6, 6.07) is 15.2. The number of benzene rings is 2. The number of aryl methyl sites for hydroxylation is 1. The van der Waals surface area contributed by atoms with Crippen molar-refractivity contribution in [1.82, 2.24) is 23.1 Å². The van der Waals surface area contributed by atoms with Gasteiger partial charge < -0.3 is 4.74 Å². The maximum Gasteiger partial charge on any atom is 0.332 e. The summed E-state index contributed by atoms with van der Waals surface area (Å²) in [4.78, 5) is 30.0. The Labute approximate surface area is 181 Å². The van der Waals surface area contributed by atoms with E-state index in [4.69, 9.17) is 16.3 Å². The average Bonchev–Trinajstić information content (AvgIpc) is 3.33. The molecule has 3 heterocycles. The Hall–Kier alpha value is -3.78. The fourth-order valence-electron chi connectivity index (χ4n) is 3.83. The van der Waals surface area contributed by atoms with Gasteiger partial charge in [0.15, 0.2) is 11.2 Å². The Morgan fingerprint density at radius 3 is 2.42 bits per heavy atom. The number of ether oxygens (including phenoxy) is 1. The van der Waals surface area contributed by atoms with Crippen LogP contribution in [0.1, 0.15) is 0 Å². The fraction of sp³-hybridized carbons (Fsp3) is 0.136. The number of rotatable bonds is 3. The second-order valence-corrected chi connectivity index (χ2v) is 7.60. The van der Waals surface area contributed by atoms with Gasteiger partial charge in [0.2, 0.25) is 5.78 Å². The lowest BCUT2D eigenvalue weighted by atomic mass is 10.1. The topological polar surface area (TPSA) is 75.5 Å². The molecule has 0 atom stereocenters. The van der Waals surface area contributed by atoms with E-state index in [1.807, 2.05) is 47.2 Å². The summed E-state index contributed by atoms with van der Waals surface area (Å²) in [5.41, 5.74) is 2.32. The molecule has 0 radical (unpaired) electrons. The van der Waals surface area contributed by atoms with Crippen LogP contribution in [-0.2, 0) is 14.1 Å². The summed E-state index contributed by atoms with van der Waals surface area (Å²) in [5.74, 6) is 1.05. The van der Waals surface area contributed by atoms with E-state index in [9.17, 15) is 9.59 Å². The molecule has 3 aromatic heterocycles. The number of nitrogens with zero attached hydrogens (tertiary/aromatic N) is 5. The van der Waals surface area contributed by atoms with Crippen molar-refractivity contribution in [3.05, 3.63) is 80.6 Å². The zero-order valence-corrected chi connectivity index (χ0v) is 17.8. The first-order valence-corrected chi connectivity index (χ1v) is 9.89. The van der Waals surface area contributed by atoms with Gasteiger partial charge in [-0.15, -0.1) is 0 Å². The zero-order valence-electron chi connectivity index (χ0n) is 17.0. The summed E-state index contributed by atoms with van der Waals surface area (Å²) >= 11 is 6.40. The highest BCUT2D eigenvalue weighted by atomic mass is 35.5. The number of hydrogen-bond acceptors (Lipinski definition) is 4. The van der Waals surface area contributed by atoms with Gasteiger partial charge in [-0.3, -0.25) is 22.9 Å². The summed E-state index contributed by atoms with van der Waals surface area (Å²) in [6.45, 7) is 0. The maximum absolute atomic E-state index is 12.9. The van der Waals surface area contributed by atoms with E-state index in [1.165, 1.54) is 11.6 Å². The molecule has 0 aliphatic heterocycles. The summed E-state index contributed by atoms with van der Waals surface area (Å²) < 4.78 is 11.4. The third-order valence-electron chi connectivity index (χ3n) is 5.43. The Balaban J connectivity index is 1.95. The number of fused-ring (bicyclic) bond motifs is 3. The highest BCUT2D eigenvalue weighted by molar-refractivity contribution is 6.32. The minimum atomic E-state index is -0.430. The predicted octanol–water partition coefficient (Wildman–Crippen LogP) is 3.00. The summed E-state index contributed by atoms with van der Waals surface area (Å²) in [7, 11) is 4.62. The molecule has 0 aliphatic rings. The zero-order chi connectivity index (χ0) is 21.9. The molecule has 0 amide bonds. The van der Waals surface area contributed by atoms with Gasteiger partial charge in [-0.05, 0) is 18.2 Å². The molecule has 0 saturated carbocycles. The van der Waals surface area contributed by atoms with Crippen LogP contribution in [0.2, 0.25) is 5.02 Å². The monoisotopic (exact) mass is 435 g/mol. The molecule has 2 aromatic carbocycles. The van der Waals surface area contributed by atoms with Gasteiger partial charge in [0.25, 0.3) is 5.56 Å². The molecular weight excluding hydrogens is 418 g/mol. The SMILES string of the molecule is COc1ccc(-n2c(-c3ccccc3)cn3c4c(=O)n(C)c(=O)n(C)c4nc23)cc1Cl. The molecule has 0 bridgehead atoms. The normalized spacial score (nSPS) is 11.5. The van der Waals surface area contributed by atoms with Gasteiger partial charge in [-0.1, -0.05) is 41.9 Å². The van der Waals surface area contributed by atoms with Crippen molar-refractivity contribution in [2.45, 2.75) is 0 Å². The lowest BCUT2D eigenvalue weighted by Crippen LogP contribution is -2.37. The van der Waals surface area contributed by atoms with Crippen molar-refractivity contribution in [1.29, 1.82) is 0 Å². The van der Waals surface area contributed by atoms with Crippen molar-refractivity contribution in [3.63, 3.8) is 0 Å². The van der Waals surface area contributed by atoms with Crippen LogP contribution in [-0.4, -0.2) is 30.2 Å². The van der Waals surface area contributed by atoms with E-state index in [0.717, 1.165) is 21.5 Å². The standard InChI is InChI=1S/C22H18ClN5O3/c1-25-19-18(20(29)26(2)22(25)30)27-12-16(13-7-5-4-6-8-13)28(21(27)24-19)14-9-10-17(31-3)15(23)11-14/h4-12H,1-3H3. The van der Waals surface area contributed by atoms with E-state index >= 15 is 0 Å². The van der Waals surface area contributed by atoms with Crippen molar-refractivity contribution >= 4 is 28.5 Å². The maximum atomic E-state index is 12.9. The lowest BCUT2D eigenvalue weighted by molar-refractivity contribution is 0.415. The van der Waals surface area contributed by atoms with Gasteiger partial charge in [0, 0.05) is 25.9 Å². The average molecular weight is 436 g/mol. The van der Waals surface area contributed by atoms with Crippen molar-refractivity contribution < 1.29 is 4.74 Å². The van der Waals surface area contributed by atoms with E-state index < -0.39 is 11.2 Å². The Morgan fingerprint density at radius 2 is 1.74 bits per heavy atom. The van der Waals surface area contributed by atoms with Gasteiger partial charge in [-0.25, -0.2) is 4.79 Å². The molecule has 0 unspecified atom stereocenters. The van der Waals surface area contributed by atoms with Crippen molar-refractivity contribution in [2.75, 3.05) is 7.11 Å². The molecule has 5 aromatic rings. The largest absolute Gasteiger partial charge is 0.495 e. The molecule has 0 spiro atoms. The predicted molar refractivity (Wildman–Crippen MR) is 120 cm³/mol. The number of imidazole rings is 2. The van der Waals surface area contributed by atoms with Gasteiger partial charge in [0.1, 0.15) is 5.75 Å². The van der Waals surface area contributed by atoms with Crippen LogP contribution in [0.4, 0.5) is 0 Å². The van der Waals surface area contributed by atoms with Gasteiger partial charge >= 0.3 is 5.69 Å². The second-order valence-electron chi connectivity index (χ2n) is 7.19. The smallest absolute Gasteiger partial charge is 0.332 e. The summed E-state index contributed by atoms with van der Waals surface area (Å²) in [5, 5.41) is 0.449.